The number of halogens is 1. The summed E-state index contributed by atoms with van der Waals surface area (Å²) in [4.78, 5) is 27.1. The van der Waals surface area contributed by atoms with Crippen molar-refractivity contribution in [1.29, 1.82) is 0 Å². The number of amides is 1. The van der Waals surface area contributed by atoms with Crippen LogP contribution in [0, 0.1) is 15.9 Å². The molecule has 1 aliphatic rings. The molecule has 8 heteroatoms. The van der Waals surface area contributed by atoms with Gasteiger partial charge in [0.25, 0.3) is 0 Å². The summed E-state index contributed by atoms with van der Waals surface area (Å²) in [5.41, 5.74) is 1.37. The van der Waals surface area contributed by atoms with Crippen LogP contribution in [-0.2, 0) is 4.79 Å². The fourth-order valence-corrected chi connectivity index (χ4v) is 3.22. The zero-order valence-corrected chi connectivity index (χ0v) is 16.8. The summed E-state index contributed by atoms with van der Waals surface area (Å²) in [6, 6.07) is 11.0. The van der Waals surface area contributed by atoms with Gasteiger partial charge in [0.05, 0.1) is 11.5 Å². The van der Waals surface area contributed by atoms with E-state index in [1.807, 2.05) is 6.92 Å². The molecule has 3 rings (SSSR count). The van der Waals surface area contributed by atoms with Crippen molar-refractivity contribution in [3.63, 3.8) is 0 Å². The van der Waals surface area contributed by atoms with Crippen LogP contribution in [0.25, 0.3) is 6.08 Å². The maximum absolute atomic E-state index is 13.1. The number of benzene rings is 2. The van der Waals surface area contributed by atoms with Gasteiger partial charge in [-0.05, 0) is 48.4 Å². The Morgan fingerprint density at radius 2 is 1.87 bits per heavy atom. The van der Waals surface area contributed by atoms with Crippen molar-refractivity contribution >= 4 is 23.4 Å². The zero-order chi connectivity index (χ0) is 21.5. The minimum atomic E-state index is -0.487. The second-order valence-electron chi connectivity index (χ2n) is 6.95. The van der Waals surface area contributed by atoms with Gasteiger partial charge < -0.3 is 14.5 Å². The molecular formula is C22H24FN3O4. The van der Waals surface area contributed by atoms with Crippen molar-refractivity contribution in [3.8, 4) is 5.75 Å². The van der Waals surface area contributed by atoms with Crippen LogP contribution in [-0.4, -0.2) is 48.5 Å². The van der Waals surface area contributed by atoms with E-state index in [1.54, 1.807) is 35.2 Å². The van der Waals surface area contributed by atoms with E-state index in [0.717, 1.165) is 12.1 Å². The number of nitro groups is 1. The van der Waals surface area contributed by atoms with E-state index in [0.29, 0.717) is 38.3 Å². The normalized spacial score (nSPS) is 14.2. The van der Waals surface area contributed by atoms with Crippen molar-refractivity contribution in [3.05, 3.63) is 70.0 Å². The van der Waals surface area contributed by atoms with Crippen LogP contribution in [0.2, 0.25) is 0 Å². The van der Waals surface area contributed by atoms with E-state index in [4.69, 9.17) is 4.74 Å². The molecule has 0 atom stereocenters. The van der Waals surface area contributed by atoms with Crippen LogP contribution in [0.15, 0.2) is 48.5 Å². The molecule has 2 aromatic rings. The molecule has 1 heterocycles. The Morgan fingerprint density at radius 1 is 1.17 bits per heavy atom. The third-order valence-electron chi connectivity index (χ3n) is 4.84. The summed E-state index contributed by atoms with van der Waals surface area (Å²) in [6.07, 6.45) is 3.76. The molecule has 0 unspecified atom stereocenters. The molecule has 0 bridgehead atoms. The first-order chi connectivity index (χ1) is 14.5. The molecule has 0 radical (unpaired) electrons. The smallest absolute Gasteiger partial charge is 0.311 e. The number of nitrogens with zero attached hydrogens (tertiary/aromatic N) is 3. The predicted octanol–water partition coefficient (Wildman–Crippen LogP) is 3.88. The molecule has 0 saturated carbocycles. The average Bonchev–Trinajstić information content (AvgIpc) is 2.77. The van der Waals surface area contributed by atoms with Gasteiger partial charge in [-0.1, -0.05) is 13.0 Å². The van der Waals surface area contributed by atoms with Crippen molar-refractivity contribution in [1.82, 2.24) is 4.90 Å². The van der Waals surface area contributed by atoms with Crippen molar-refractivity contribution in [2.45, 2.75) is 13.3 Å². The average molecular weight is 413 g/mol. The van der Waals surface area contributed by atoms with Gasteiger partial charge in [0.15, 0.2) is 5.75 Å². The van der Waals surface area contributed by atoms with E-state index >= 15 is 0 Å². The second kappa shape index (κ2) is 9.87. The molecule has 158 valence electrons. The second-order valence-corrected chi connectivity index (χ2v) is 6.95. The van der Waals surface area contributed by atoms with Gasteiger partial charge in [-0.2, -0.15) is 0 Å². The Bertz CT molecular complexity index is 922. The maximum atomic E-state index is 13.1. The summed E-state index contributed by atoms with van der Waals surface area (Å²) >= 11 is 0. The van der Waals surface area contributed by atoms with Crippen molar-refractivity contribution in [2.75, 3.05) is 37.7 Å². The zero-order valence-electron chi connectivity index (χ0n) is 16.8. The van der Waals surface area contributed by atoms with Crippen LogP contribution in [0.5, 0.6) is 5.75 Å². The molecule has 1 saturated heterocycles. The number of anilines is 1. The van der Waals surface area contributed by atoms with Gasteiger partial charge in [0.1, 0.15) is 5.82 Å². The highest BCUT2D eigenvalue weighted by Crippen LogP contribution is 2.28. The largest absolute Gasteiger partial charge is 0.487 e. The number of hydrogen-bond donors (Lipinski definition) is 0. The highest BCUT2D eigenvalue weighted by Gasteiger charge is 2.20. The van der Waals surface area contributed by atoms with Gasteiger partial charge in [-0.25, -0.2) is 4.39 Å². The highest BCUT2D eigenvalue weighted by molar-refractivity contribution is 5.92. The standard InChI is InChI=1S/C22H24FN3O4/c1-2-15-30-21-9-3-17(16-20(21)26(28)29)4-10-22(27)25-13-11-24(12-14-25)19-7-5-18(23)6-8-19/h3-10,16H,2,11-15H2,1H3/b10-4+. The molecule has 7 nitrogen and oxygen atoms in total. The first kappa shape index (κ1) is 21.3. The number of nitro benzene ring substituents is 1. The van der Waals surface area contributed by atoms with Gasteiger partial charge in [-0.3, -0.25) is 14.9 Å². The number of carbonyl (C=O) groups excluding carboxylic acids is 1. The Balaban J connectivity index is 1.60. The lowest BCUT2D eigenvalue weighted by Crippen LogP contribution is -2.48. The lowest BCUT2D eigenvalue weighted by atomic mass is 10.1. The van der Waals surface area contributed by atoms with Crippen LogP contribution in [0.1, 0.15) is 18.9 Å². The van der Waals surface area contributed by atoms with Crippen molar-refractivity contribution in [2.24, 2.45) is 0 Å². The number of rotatable bonds is 7. The summed E-state index contributed by atoms with van der Waals surface area (Å²) in [5.74, 6) is -0.201. The fourth-order valence-electron chi connectivity index (χ4n) is 3.22. The Morgan fingerprint density at radius 3 is 2.50 bits per heavy atom. The lowest BCUT2D eigenvalue weighted by Gasteiger charge is -2.35. The Labute approximate surface area is 174 Å². The van der Waals surface area contributed by atoms with Gasteiger partial charge in [0, 0.05) is 44.0 Å². The summed E-state index contributed by atoms with van der Waals surface area (Å²) in [7, 11) is 0. The van der Waals surface area contributed by atoms with Crippen LogP contribution in [0.3, 0.4) is 0 Å². The molecule has 30 heavy (non-hydrogen) atoms. The molecular weight excluding hydrogens is 389 g/mol. The molecule has 0 spiro atoms. The van der Waals surface area contributed by atoms with Crippen LogP contribution < -0.4 is 9.64 Å². The molecule has 1 fully saturated rings. The van der Waals surface area contributed by atoms with Gasteiger partial charge in [-0.15, -0.1) is 0 Å². The summed E-state index contributed by atoms with van der Waals surface area (Å²) in [5, 5.41) is 11.3. The number of piperazine rings is 1. The number of carbonyl (C=O) groups is 1. The molecule has 1 amide bonds. The van der Waals surface area contributed by atoms with Crippen LogP contribution in [0.4, 0.5) is 15.8 Å². The first-order valence-electron chi connectivity index (χ1n) is 9.86. The molecule has 0 aliphatic carbocycles. The van der Waals surface area contributed by atoms with E-state index < -0.39 is 4.92 Å². The minimum absolute atomic E-state index is 0.119. The Hall–Kier alpha value is -3.42. The highest BCUT2D eigenvalue weighted by atomic mass is 19.1. The number of ether oxygens (including phenoxy) is 1. The van der Waals surface area contributed by atoms with E-state index in [2.05, 4.69) is 4.90 Å². The van der Waals surface area contributed by atoms with E-state index in [1.165, 1.54) is 24.3 Å². The van der Waals surface area contributed by atoms with Crippen LogP contribution >= 0.6 is 0 Å². The molecule has 0 aromatic heterocycles. The quantitative estimate of drug-likeness (QED) is 0.391. The third-order valence-corrected chi connectivity index (χ3v) is 4.84. The molecule has 1 aliphatic heterocycles. The summed E-state index contributed by atoms with van der Waals surface area (Å²) < 4.78 is 18.5. The van der Waals surface area contributed by atoms with Gasteiger partial charge in [0.2, 0.25) is 5.91 Å². The van der Waals surface area contributed by atoms with E-state index in [-0.39, 0.29) is 23.2 Å². The summed E-state index contributed by atoms with van der Waals surface area (Å²) in [6.45, 7) is 4.72. The minimum Gasteiger partial charge on any atom is -0.487 e. The third kappa shape index (κ3) is 5.34. The molecule has 2 aromatic carbocycles. The van der Waals surface area contributed by atoms with Crippen molar-refractivity contribution < 1.29 is 18.8 Å². The topological polar surface area (TPSA) is 75.9 Å². The monoisotopic (exact) mass is 413 g/mol. The SMILES string of the molecule is CCCOc1ccc(/C=C/C(=O)N2CCN(c3ccc(F)cc3)CC2)cc1[N+](=O)[O-]. The number of hydrogen-bond acceptors (Lipinski definition) is 5. The first-order valence-corrected chi connectivity index (χ1v) is 9.86. The van der Waals surface area contributed by atoms with Gasteiger partial charge >= 0.3 is 5.69 Å². The predicted molar refractivity (Wildman–Crippen MR) is 113 cm³/mol. The fraction of sp³-hybridized carbons (Fsp3) is 0.318. The van der Waals surface area contributed by atoms with E-state index in [9.17, 15) is 19.3 Å². The lowest BCUT2D eigenvalue weighted by molar-refractivity contribution is -0.385. The molecule has 0 N–H and O–H groups in total. The Kier molecular flexibility index (Phi) is 7.00. The maximum Gasteiger partial charge on any atom is 0.311 e.